The summed E-state index contributed by atoms with van der Waals surface area (Å²) in [6.07, 6.45) is 7.78. The highest BCUT2D eigenvalue weighted by Crippen LogP contribution is 2.57. The van der Waals surface area contributed by atoms with Gasteiger partial charge in [-0.05, 0) is 57.3 Å². The number of phenols is 1. The number of likely N-dealkylation sites (tertiary alicyclic amines) is 1. The van der Waals surface area contributed by atoms with Crippen LogP contribution in [0.15, 0.2) is 24.3 Å². The molecule has 1 aromatic carbocycles. The molecule has 112 valence electrons. The van der Waals surface area contributed by atoms with E-state index in [1.807, 2.05) is 13.0 Å². The minimum absolute atomic E-state index is 0.144. The Bertz CT molecular complexity index is 638. The maximum absolute atomic E-state index is 11.6. The van der Waals surface area contributed by atoms with Gasteiger partial charge in [-0.25, -0.2) is 0 Å². The number of aliphatic hydroxyl groups is 1. The molecule has 2 bridgehead atoms. The van der Waals surface area contributed by atoms with Gasteiger partial charge in [-0.15, -0.1) is 0 Å². The molecule has 1 aliphatic heterocycles. The molecule has 0 spiro atoms. The van der Waals surface area contributed by atoms with E-state index in [0.29, 0.717) is 5.75 Å². The van der Waals surface area contributed by atoms with Gasteiger partial charge in [-0.3, -0.25) is 0 Å². The van der Waals surface area contributed by atoms with Gasteiger partial charge in [-0.2, -0.15) is 0 Å². The molecule has 3 aliphatic rings. The highest BCUT2D eigenvalue weighted by Gasteiger charge is 2.62. The van der Waals surface area contributed by atoms with Crippen molar-refractivity contribution in [2.75, 3.05) is 13.6 Å². The average Bonchev–Trinajstić information content (AvgIpc) is 2.46. The van der Waals surface area contributed by atoms with Gasteiger partial charge >= 0.3 is 0 Å². The number of nitrogens with zero attached hydrogens (tertiary/aromatic N) is 1. The zero-order valence-corrected chi connectivity index (χ0v) is 12.8. The second-order valence-corrected chi connectivity index (χ2v) is 7.05. The van der Waals surface area contributed by atoms with Crippen LogP contribution < -0.4 is 0 Å². The molecule has 3 nitrogen and oxygen atoms in total. The Morgan fingerprint density at radius 2 is 2.10 bits per heavy atom. The van der Waals surface area contributed by atoms with E-state index in [2.05, 4.69) is 30.2 Å². The first-order chi connectivity index (χ1) is 9.99. The molecule has 3 heteroatoms. The molecule has 1 aromatic rings. The monoisotopic (exact) mass is 285 g/mol. The third kappa shape index (κ3) is 1.46. The van der Waals surface area contributed by atoms with Crippen LogP contribution in [0, 0.1) is 6.92 Å². The highest BCUT2D eigenvalue weighted by molar-refractivity contribution is 5.57. The molecule has 0 amide bonds. The molecule has 1 saturated heterocycles. The number of fused-ring (bicyclic) bond motifs is 1. The van der Waals surface area contributed by atoms with Crippen LogP contribution >= 0.6 is 0 Å². The van der Waals surface area contributed by atoms with Gasteiger partial charge in [0, 0.05) is 17.0 Å². The lowest BCUT2D eigenvalue weighted by Gasteiger charge is -2.61. The average molecular weight is 285 g/mol. The SMILES string of the molecule is Cc1ccc2c(c1O)[C@]13C=CCC[C@]1(O)[C@H](C2)N(C)CC3. The van der Waals surface area contributed by atoms with Crippen LogP contribution in [-0.2, 0) is 11.8 Å². The smallest absolute Gasteiger partial charge is 0.122 e. The largest absolute Gasteiger partial charge is 0.507 e. The van der Waals surface area contributed by atoms with E-state index >= 15 is 0 Å². The number of piperidine rings is 1. The summed E-state index contributed by atoms with van der Waals surface area (Å²) in [4.78, 5) is 2.30. The van der Waals surface area contributed by atoms with E-state index in [1.54, 1.807) is 0 Å². The summed E-state index contributed by atoms with van der Waals surface area (Å²) in [5, 5.41) is 22.3. The number of hydrogen-bond donors (Lipinski definition) is 2. The lowest BCUT2D eigenvalue weighted by Crippen LogP contribution is -2.70. The van der Waals surface area contributed by atoms with Crippen LogP contribution in [0.3, 0.4) is 0 Å². The Balaban J connectivity index is 2.05. The molecule has 0 radical (unpaired) electrons. The summed E-state index contributed by atoms with van der Waals surface area (Å²) < 4.78 is 0. The van der Waals surface area contributed by atoms with Crippen molar-refractivity contribution in [3.8, 4) is 5.75 Å². The fraction of sp³-hybridized carbons (Fsp3) is 0.556. The Morgan fingerprint density at radius 3 is 2.90 bits per heavy atom. The first-order valence-corrected chi connectivity index (χ1v) is 7.92. The second kappa shape index (κ2) is 4.11. The standard InChI is InChI=1S/C18H23NO2/c1-12-5-6-13-11-14-18(21)8-4-3-7-17(18,9-10-19(14)2)15(13)16(12)20/h3,5-7,14,20-21H,4,8-11H2,1-2H3/t14-,17+,18-/m0/s1. The predicted octanol–water partition coefficient (Wildman–Crippen LogP) is 2.28. The molecule has 2 aliphatic carbocycles. The molecule has 0 unspecified atom stereocenters. The number of aromatic hydroxyl groups is 1. The molecular weight excluding hydrogens is 262 g/mol. The van der Waals surface area contributed by atoms with Crippen molar-refractivity contribution in [2.24, 2.45) is 0 Å². The van der Waals surface area contributed by atoms with Gasteiger partial charge in [0.15, 0.2) is 0 Å². The van der Waals surface area contributed by atoms with Crippen LogP contribution in [0.25, 0.3) is 0 Å². The molecule has 1 fully saturated rings. The molecule has 4 rings (SSSR count). The number of rotatable bonds is 0. The third-order valence-electron chi connectivity index (χ3n) is 6.13. The molecular formula is C18H23NO2. The van der Waals surface area contributed by atoms with Gasteiger partial charge in [0.1, 0.15) is 5.75 Å². The molecule has 2 N–H and O–H groups in total. The van der Waals surface area contributed by atoms with Gasteiger partial charge < -0.3 is 15.1 Å². The summed E-state index contributed by atoms with van der Waals surface area (Å²) in [7, 11) is 2.11. The minimum Gasteiger partial charge on any atom is -0.507 e. The van der Waals surface area contributed by atoms with Gasteiger partial charge in [0.05, 0.1) is 5.60 Å². The maximum atomic E-state index is 11.6. The van der Waals surface area contributed by atoms with Crippen molar-refractivity contribution >= 4 is 0 Å². The number of likely N-dealkylation sites (N-methyl/N-ethyl adjacent to an activating group) is 1. The van der Waals surface area contributed by atoms with E-state index in [1.165, 1.54) is 5.56 Å². The number of phenolic OH excluding ortho intramolecular Hbond substituents is 1. The van der Waals surface area contributed by atoms with Crippen molar-refractivity contribution in [3.05, 3.63) is 41.0 Å². The van der Waals surface area contributed by atoms with E-state index in [4.69, 9.17) is 0 Å². The van der Waals surface area contributed by atoms with Crippen molar-refractivity contribution in [2.45, 2.75) is 49.7 Å². The fourth-order valence-corrected chi connectivity index (χ4v) is 4.95. The van der Waals surface area contributed by atoms with Crippen molar-refractivity contribution in [1.82, 2.24) is 4.90 Å². The van der Waals surface area contributed by atoms with Gasteiger partial charge in [0.25, 0.3) is 0 Å². The van der Waals surface area contributed by atoms with Crippen molar-refractivity contribution in [3.63, 3.8) is 0 Å². The Morgan fingerprint density at radius 1 is 1.29 bits per heavy atom. The predicted molar refractivity (Wildman–Crippen MR) is 82.6 cm³/mol. The quantitative estimate of drug-likeness (QED) is 0.719. The molecule has 0 aromatic heterocycles. The molecule has 21 heavy (non-hydrogen) atoms. The maximum Gasteiger partial charge on any atom is 0.122 e. The van der Waals surface area contributed by atoms with E-state index in [0.717, 1.165) is 43.4 Å². The zero-order chi connectivity index (χ0) is 14.8. The van der Waals surface area contributed by atoms with Crippen LogP contribution in [-0.4, -0.2) is 40.3 Å². The summed E-state index contributed by atoms with van der Waals surface area (Å²) in [6, 6.07) is 4.28. The second-order valence-electron chi connectivity index (χ2n) is 7.05. The van der Waals surface area contributed by atoms with Gasteiger partial charge in [-0.1, -0.05) is 24.3 Å². The first-order valence-electron chi connectivity index (χ1n) is 7.92. The Hall–Kier alpha value is -1.32. The normalized spacial score (nSPS) is 38.0. The van der Waals surface area contributed by atoms with Crippen LogP contribution in [0.4, 0.5) is 0 Å². The fourth-order valence-electron chi connectivity index (χ4n) is 4.95. The highest BCUT2D eigenvalue weighted by atomic mass is 16.3. The van der Waals surface area contributed by atoms with Crippen LogP contribution in [0.2, 0.25) is 0 Å². The minimum atomic E-state index is -0.757. The topological polar surface area (TPSA) is 43.7 Å². The molecule has 0 saturated carbocycles. The number of benzene rings is 1. The Kier molecular flexibility index (Phi) is 2.61. The van der Waals surface area contributed by atoms with E-state index in [-0.39, 0.29) is 6.04 Å². The van der Waals surface area contributed by atoms with Gasteiger partial charge in [0.2, 0.25) is 0 Å². The molecule has 3 atom stereocenters. The third-order valence-corrected chi connectivity index (χ3v) is 6.13. The van der Waals surface area contributed by atoms with E-state index in [9.17, 15) is 10.2 Å². The number of allylic oxidation sites excluding steroid dienone is 1. The van der Waals surface area contributed by atoms with E-state index < -0.39 is 11.0 Å². The van der Waals surface area contributed by atoms with Crippen LogP contribution in [0.5, 0.6) is 5.75 Å². The number of aryl methyl sites for hydroxylation is 1. The summed E-state index contributed by atoms with van der Waals surface area (Å²) in [5.41, 5.74) is 1.93. The zero-order valence-electron chi connectivity index (χ0n) is 12.8. The lowest BCUT2D eigenvalue weighted by atomic mass is 9.51. The van der Waals surface area contributed by atoms with Crippen molar-refractivity contribution < 1.29 is 10.2 Å². The van der Waals surface area contributed by atoms with Crippen molar-refractivity contribution in [1.29, 1.82) is 0 Å². The summed E-state index contributed by atoms with van der Waals surface area (Å²) in [5.74, 6) is 0.389. The lowest BCUT2D eigenvalue weighted by molar-refractivity contribution is -0.132. The first kappa shape index (κ1) is 13.4. The molecule has 1 heterocycles. The Labute approximate surface area is 125 Å². The summed E-state index contributed by atoms with van der Waals surface area (Å²) in [6.45, 7) is 2.91. The summed E-state index contributed by atoms with van der Waals surface area (Å²) >= 11 is 0. The number of hydrogen-bond acceptors (Lipinski definition) is 3. The van der Waals surface area contributed by atoms with Crippen LogP contribution in [0.1, 0.15) is 36.0 Å².